The minimum Gasteiger partial charge on any atom is -0.314 e. The standard InChI is InChI=1S/C14H13FN4O3.C3H8.C2H6/c15-10-5-9-7-18(8-13(9)16-6-10)14(20)17-11-1-3-12(4-2-11)19(21)22;1-3-2;1-2/h1,3,5-6H,2,4,7-8H2,(H,17,20);3H2,1-2H3;1-2H3. The molecule has 1 aromatic heterocycles. The summed E-state index contributed by atoms with van der Waals surface area (Å²) in [7, 11) is 0. The molecule has 1 aliphatic carbocycles. The number of aromatic nitrogens is 1. The highest BCUT2D eigenvalue weighted by molar-refractivity contribution is 5.76. The molecule has 1 aromatic rings. The molecule has 3 rings (SSSR count). The normalized spacial score (nSPS) is 14.5. The molecule has 0 radical (unpaired) electrons. The Morgan fingerprint density at radius 1 is 1.30 bits per heavy atom. The van der Waals surface area contributed by atoms with Gasteiger partial charge < -0.3 is 10.2 Å². The lowest BCUT2D eigenvalue weighted by Gasteiger charge is -2.18. The highest BCUT2D eigenvalue weighted by Gasteiger charge is 2.26. The van der Waals surface area contributed by atoms with Gasteiger partial charge in [0.2, 0.25) is 5.70 Å². The number of carbonyl (C=O) groups is 1. The SMILES string of the molecule is CC.CCC.O=C(NC1=CC=C([N+](=O)[O-])CC1)N1Cc2cc(F)cnc2C1. The van der Waals surface area contributed by atoms with Crippen molar-refractivity contribution >= 4 is 6.03 Å². The average Bonchev–Trinajstić information content (AvgIpc) is 3.08. The second kappa shape index (κ2) is 11.1. The first-order chi connectivity index (χ1) is 12.9. The third kappa shape index (κ3) is 6.47. The van der Waals surface area contributed by atoms with Crippen LogP contribution in [-0.4, -0.2) is 20.8 Å². The number of fused-ring (bicyclic) bond motifs is 1. The number of pyridine rings is 1. The third-order valence-corrected chi connectivity index (χ3v) is 3.64. The number of nitro groups is 1. The summed E-state index contributed by atoms with van der Waals surface area (Å²) in [4.78, 5) is 27.9. The van der Waals surface area contributed by atoms with E-state index in [4.69, 9.17) is 0 Å². The molecular weight excluding hydrogens is 351 g/mol. The summed E-state index contributed by atoms with van der Waals surface area (Å²) >= 11 is 0. The van der Waals surface area contributed by atoms with Gasteiger partial charge in [-0.25, -0.2) is 9.18 Å². The Bertz CT molecular complexity index is 732. The van der Waals surface area contributed by atoms with Gasteiger partial charge in [-0.05, 0) is 24.1 Å². The largest absolute Gasteiger partial charge is 0.322 e. The minimum absolute atomic E-state index is 0.131. The summed E-state index contributed by atoms with van der Waals surface area (Å²) in [5, 5.41) is 13.3. The lowest BCUT2D eigenvalue weighted by Crippen LogP contribution is -2.36. The first-order valence-corrected chi connectivity index (χ1v) is 9.17. The Balaban J connectivity index is 0.000000665. The van der Waals surface area contributed by atoms with E-state index in [2.05, 4.69) is 24.1 Å². The summed E-state index contributed by atoms with van der Waals surface area (Å²) in [5.74, 6) is -0.423. The fraction of sp³-hybridized carbons (Fsp3) is 0.474. The number of rotatable bonds is 2. The second-order valence-corrected chi connectivity index (χ2v) is 5.86. The lowest BCUT2D eigenvalue weighted by molar-refractivity contribution is -0.428. The smallest absolute Gasteiger partial charge is 0.314 e. The van der Waals surface area contributed by atoms with Crippen molar-refractivity contribution in [3.63, 3.8) is 0 Å². The van der Waals surface area contributed by atoms with Gasteiger partial charge in [0.1, 0.15) is 5.82 Å². The van der Waals surface area contributed by atoms with Crippen LogP contribution in [0.1, 0.15) is 58.2 Å². The Morgan fingerprint density at radius 2 is 1.96 bits per heavy atom. The van der Waals surface area contributed by atoms with Gasteiger partial charge in [0.15, 0.2) is 0 Å². The van der Waals surface area contributed by atoms with Crippen LogP contribution in [0, 0.1) is 15.9 Å². The highest BCUT2D eigenvalue weighted by atomic mass is 19.1. The zero-order chi connectivity index (χ0) is 20.4. The van der Waals surface area contributed by atoms with Gasteiger partial charge in [-0.15, -0.1) is 0 Å². The van der Waals surface area contributed by atoms with Crippen LogP contribution in [0.5, 0.6) is 0 Å². The van der Waals surface area contributed by atoms with Crippen molar-refractivity contribution in [2.75, 3.05) is 0 Å². The monoisotopic (exact) mass is 378 g/mol. The molecule has 2 aliphatic rings. The first-order valence-electron chi connectivity index (χ1n) is 9.17. The topological polar surface area (TPSA) is 88.4 Å². The second-order valence-electron chi connectivity index (χ2n) is 5.86. The molecule has 27 heavy (non-hydrogen) atoms. The number of urea groups is 1. The number of hydrogen-bond acceptors (Lipinski definition) is 4. The predicted octanol–water partition coefficient (Wildman–Crippen LogP) is 4.53. The molecule has 148 valence electrons. The van der Waals surface area contributed by atoms with Crippen LogP contribution in [0.15, 0.2) is 35.8 Å². The predicted molar refractivity (Wildman–Crippen MR) is 102 cm³/mol. The lowest BCUT2D eigenvalue weighted by atomic mass is 10.1. The summed E-state index contributed by atoms with van der Waals surface area (Å²) in [6, 6.07) is 1.06. The zero-order valence-corrected chi connectivity index (χ0v) is 16.3. The van der Waals surface area contributed by atoms with E-state index in [1.165, 1.54) is 23.5 Å². The average molecular weight is 378 g/mol. The third-order valence-electron chi connectivity index (χ3n) is 3.64. The van der Waals surface area contributed by atoms with Gasteiger partial charge >= 0.3 is 6.03 Å². The molecular formula is C19H27FN4O3. The molecule has 1 aliphatic heterocycles. The number of amides is 2. The van der Waals surface area contributed by atoms with Crippen molar-refractivity contribution in [3.8, 4) is 0 Å². The van der Waals surface area contributed by atoms with Gasteiger partial charge in [0.05, 0.1) is 23.4 Å². The summed E-state index contributed by atoms with van der Waals surface area (Å²) in [5.41, 5.74) is 2.14. The summed E-state index contributed by atoms with van der Waals surface area (Å²) in [6.45, 7) is 8.87. The van der Waals surface area contributed by atoms with Crippen LogP contribution in [0.25, 0.3) is 0 Å². The van der Waals surface area contributed by atoms with Crippen molar-refractivity contribution in [1.29, 1.82) is 0 Å². The molecule has 2 amide bonds. The molecule has 0 saturated heterocycles. The number of halogens is 1. The van der Waals surface area contributed by atoms with Crippen LogP contribution in [0.3, 0.4) is 0 Å². The van der Waals surface area contributed by atoms with E-state index in [0.717, 1.165) is 6.20 Å². The van der Waals surface area contributed by atoms with Gasteiger partial charge in [-0.3, -0.25) is 15.1 Å². The molecule has 0 spiro atoms. The van der Waals surface area contributed by atoms with E-state index in [0.29, 0.717) is 36.5 Å². The quantitative estimate of drug-likeness (QED) is 0.605. The van der Waals surface area contributed by atoms with Gasteiger partial charge in [0.25, 0.3) is 0 Å². The van der Waals surface area contributed by atoms with E-state index in [-0.39, 0.29) is 18.1 Å². The maximum atomic E-state index is 13.1. The molecule has 0 atom stereocenters. The Kier molecular flexibility index (Phi) is 9.12. The number of hydrogen-bond donors (Lipinski definition) is 1. The Morgan fingerprint density at radius 3 is 2.52 bits per heavy atom. The molecule has 8 heteroatoms. The number of allylic oxidation sites excluding steroid dienone is 4. The van der Waals surface area contributed by atoms with Crippen LogP contribution < -0.4 is 5.32 Å². The fourth-order valence-electron chi connectivity index (χ4n) is 2.47. The molecule has 0 unspecified atom stereocenters. The van der Waals surface area contributed by atoms with Crippen LogP contribution >= 0.6 is 0 Å². The molecule has 7 nitrogen and oxygen atoms in total. The maximum Gasteiger partial charge on any atom is 0.322 e. The van der Waals surface area contributed by atoms with E-state index < -0.39 is 10.7 Å². The Labute approximate surface area is 159 Å². The number of nitrogens with one attached hydrogen (secondary N) is 1. The minimum atomic E-state index is -0.424. The molecule has 2 heterocycles. The van der Waals surface area contributed by atoms with Crippen LogP contribution in [0.4, 0.5) is 9.18 Å². The number of nitrogens with zero attached hydrogens (tertiary/aromatic N) is 3. The van der Waals surface area contributed by atoms with Crippen LogP contribution in [0.2, 0.25) is 0 Å². The first kappa shape index (κ1) is 22.3. The fourth-order valence-corrected chi connectivity index (χ4v) is 2.47. The van der Waals surface area contributed by atoms with Crippen molar-refractivity contribution in [2.24, 2.45) is 0 Å². The van der Waals surface area contributed by atoms with E-state index in [9.17, 15) is 19.3 Å². The number of carbonyl (C=O) groups excluding carboxylic acids is 1. The molecule has 1 N–H and O–H groups in total. The molecule has 0 saturated carbocycles. The van der Waals surface area contributed by atoms with E-state index in [1.54, 1.807) is 6.08 Å². The van der Waals surface area contributed by atoms with Gasteiger partial charge in [-0.2, -0.15) is 0 Å². The van der Waals surface area contributed by atoms with E-state index >= 15 is 0 Å². The Hall–Kier alpha value is -2.77. The summed E-state index contributed by atoms with van der Waals surface area (Å²) in [6.07, 6.45) is 6.02. The van der Waals surface area contributed by atoms with Crippen molar-refractivity contribution in [2.45, 2.75) is 60.0 Å². The zero-order valence-electron chi connectivity index (χ0n) is 16.3. The van der Waals surface area contributed by atoms with Crippen molar-refractivity contribution in [1.82, 2.24) is 15.2 Å². The molecule has 0 bridgehead atoms. The van der Waals surface area contributed by atoms with Crippen LogP contribution in [-0.2, 0) is 13.1 Å². The maximum absolute atomic E-state index is 13.1. The van der Waals surface area contributed by atoms with Crippen molar-refractivity contribution in [3.05, 3.63) is 63.0 Å². The van der Waals surface area contributed by atoms with Gasteiger partial charge in [0, 0.05) is 24.7 Å². The molecule has 0 aromatic carbocycles. The highest BCUT2D eigenvalue weighted by Crippen LogP contribution is 2.22. The van der Waals surface area contributed by atoms with Gasteiger partial charge in [-0.1, -0.05) is 34.1 Å². The van der Waals surface area contributed by atoms with Crippen molar-refractivity contribution < 1.29 is 14.1 Å². The molecule has 0 fully saturated rings. The van der Waals surface area contributed by atoms with E-state index in [1.807, 2.05) is 13.8 Å². The summed E-state index contributed by atoms with van der Waals surface area (Å²) < 4.78 is 13.1.